The summed E-state index contributed by atoms with van der Waals surface area (Å²) >= 11 is 0. The van der Waals surface area contributed by atoms with Crippen molar-refractivity contribution in [3.63, 3.8) is 0 Å². The SMILES string of the molecule is Cc1cn(N(CCNC(=O)CN(CCNC(=O)CN(CCNC(=O)CN(CCNC(=O)CN(CCN)n2cc(C)c(=O)[nH]c2=O)n2cc(C)c(=O)[nH]c2=O)n2cc(C)c(=O)[nH]c2=O)n2cc(C)c(=O)[nH]c2=O)CC(N)=O)c(=O)[nH]c1=O. The fourth-order valence-electron chi connectivity index (χ4n) is 7.65. The minimum absolute atomic E-state index is 0.0243. The number of nitrogens with two attached hydrogens (primary N) is 2. The molecule has 0 aliphatic carbocycles. The number of primary amides is 1. The van der Waals surface area contributed by atoms with E-state index in [2.05, 4.69) is 46.2 Å². The zero-order valence-electron chi connectivity index (χ0n) is 44.7. The van der Waals surface area contributed by atoms with Crippen LogP contribution >= 0.6 is 0 Å². The molecule has 13 N–H and O–H groups in total. The van der Waals surface area contributed by atoms with Gasteiger partial charge < -0.3 is 32.7 Å². The van der Waals surface area contributed by atoms with Crippen LogP contribution in [0.3, 0.4) is 0 Å². The Kier molecular flexibility index (Phi) is 21.2. The second-order valence-electron chi connectivity index (χ2n) is 18.2. The van der Waals surface area contributed by atoms with Crippen LogP contribution in [0.5, 0.6) is 0 Å². The Morgan fingerprint density at radius 2 is 0.568 bits per heavy atom. The molecule has 36 nitrogen and oxygen atoms in total. The lowest BCUT2D eigenvalue weighted by molar-refractivity contribution is -0.121. The maximum absolute atomic E-state index is 13.6. The largest absolute Gasteiger partial charge is 0.368 e. The molecule has 0 bridgehead atoms. The van der Waals surface area contributed by atoms with Crippen molar-refractivity contribution < 1.29 is 24.0 Å². The molecule has 5 rings (SSSR count). The summed E-state index contributed by atoms with van der Waals surface area (Å²) in [5.41, 5.74) is 3.77. The van der Waals surface area contributed by atoms with Crippen LogP contribution in [-0.2, 0) is 24.0 Å². The summed E-state index contributed by atoms with van der Waals surface area (Å²) in [4.78, 5) is 201. The van der Waals surface area contributed by atoms with Crippen molar-refractivity contribution in [2.24, 2.45) is 11.5 Å². The Balaban J connectivity index is 1.26. The fraction of sp³-hybridized carbons (Fsp3) is 0.444. The monoisotopic (exact) mass is 1140 g/mol. The van der Waals surface area contributed by atoms with Gasteiger partial charge in [0.05, 0.1) is 26.2 Å². The van der Waals surface area contributed by atoms with Crippen molar-refractivity contribution in [1.82, 2.24) is 69.6 Å². The van der Waals surface area contributed by atoms with Crippen LogP contribution in [0.1, 0.15) is 27.8 Å². The molecule has 5 aromatic heterocycles. The van der Waals surface area contributed by atoms with E-state index in [0.29, 0.717) is 0 Å². The van der Waals surface area contributed by atoms with E-state index in [0.717, 1.165) is 35.8 Å². The molecular formula is C45H63N21O15. The lowest BCUT2D eigenvalue weighted by Gasteiger charge is -2.28. The Hall–Kier alpha value is -10.3. The fourth-order valence-corrected chi connectivity index (χ4v) is 7.65. The van der Waals surface area contributed by atoms with E-state index in [1.54, 1.807) is 0 Å². The third-order valence-electron chi connectivity index (χ3n) is 11.8. The normalized spacial score (nSPS) is 10.9. The number of nitrogens with zero attached hydrogens (tertiary/aromatic N) is 10. The van der Waals surface area contributed by atoms with Gasteiger partial charge in [0.1, 0.15) is 32.7 Å². The molecular weight excluding hydrogens is 1070 g/mol. The van der Waals surface area contributed by atoms with Crippen LogP contribution in [-0.4, -0.2) is 176 Å². The Bertz CT molecular complexity index is 3770. The molecule has 0 radical (unpaired) electrons. The second-order valence-corrected chi connectivity index (χ2v) is 18.2. The van der Waals surface area contributed by atoms with E-state index in [1.165, 1.54) is 78.3 Å². The molecule has 81 heavy (non-hydrogen) atoms. The van der Waals surface area contributed by atoms with E-state index < -0.39 is 119 Å². The molecule has 0 atom stereocenters. The quantitative estimate of drug-likeness (QED) is 0.0212. The summed E-state index contributed by atoms with van der Waals surface area (Å²) in [5, 5.41) is 16.5. The molecule has 0 aliphatic rings. The minimum Gasteiger partial charge on any atom is -0.368 e. The Morgan fingerprint density at radius 1 is 0.370 bits per heavy atom. The third-order valence-corrected chi connectivity index (χ3v) is 11.8. The van der Waals surface area contributed by atoms with E-state index in [-0.39, 0.29) is 93.3 Å². The number of hydrogen-bond donors (Lipinski definition) is 11. The molecule has 438 valence electrons. The molecule has 5 amide bonds. The summed E-state index contributed by atoms with van der Waals surface area (Å²) in [6.45, 7) is 2.67. The summed E-state index contributed by atoms with van der Waals surface area (Å²) in [6, 6.07) is 0. The molecule has 0 spiro atoms. The van der Waals surface area contributed by atoms with Gasteiger partial charge in [-0.15, -0.1) is 0 Å². The highest BCUT2D eigenvalue weighted by molar-refractivity contribution is 5.81. The van der Waals surface area contributed by atoms with Crippen molar-refractivity contribution in [2.75, 3.05) is 123 Å². The molecule has 0 aliphatic heterocycles. The lowest BCUT2D eigenvalue weighted by atomic mass is 10.4. The minimum atomic E-state index is -0.957. The molecule has 5 heterocycles. The van der Waals surface area contributed by atoms with Crippen LogP contribution in [0.15, 0.2) is 78.9 Å². The van der Waals surface area contributed by atoms with Gasteiger partial charge in [0.2, 0.25) is 29.5 Å². The van der Waals surface area contributed by atoms with E-state index in [1.807, 2.05) is 0 Å². The maximum atomic E-state index is 13.6. The van der Waals surface area contributed by atoms with Crippen molar-refractivity contribution in [3.8, 4) is 0 Å². The first kappa shape index (κ1) is 61.6. The first-order chi connectivity index (χ1) is 38.3. The number of amides is 5. The number of aromatic amines is 5. The molecule has 0 aromatic carbocycles. The molecule has 0 unspecified atom stereocenters. The zero-order chi connectivity index (χ0) is 59.8. The van der Waals surface area contributed by atoms with Gasteiger partial charge in [-0.25, -0.2) is 47.4 Å². The van der Waals surface area contributed by atoms with Crippen LogP contribution < -0.4 is 114 Å². The van der Waals surface area contributed by atoms with Gasteiger partial charge in [-0.1, -0.05) is 0 Å². The smallest absolute Gasteiger partial charge is 0.347 e. The predicted octanol–water partition coefficient (Wildman–Crippen LogP) is -11.1. The first-order valence-corrected chi connectivity index (χ1v) is 24.7. The average molecular weight is 1140 g/mol. The number of H-pyrrole nitrogens is 5. The predicted molar refractivity (Wildman–Crippen MR) is 290 cm³/mol. The standard InChI is InChI=1S/C45H63N21O15/c1-26-16-62(41(77)52-36(26)72)57(11-6-46)22-32(68)49-8-13-59(64-18-28(3)38(74)54-43(64)79)24-34(70)51-10-15-61(66-20-30(5)40(76)56-45(66)81)25-35(71)50-9-14-60(65-19-29(4)39(75)55-44(65)80)23-33(69)48-7-12-58(21-31(47)67)63-17-27(2)37(73)53-42(63)78/h16-20H,6-15,21-25,46H2,1-5H3,(H2,47,67)(H,48,69)(H,49,68)(H,50,71)(H,51,70)(H,52,72,77)(H,53,73,78)(H,54,74,79)(H,55,75,80)(H,56,76,81). The van der Waals surface area contributed by atoms with Crippen LogP contribution in [0.2, 0.25) is 0 Å². The number of aryl methyl sites for hydroxylation is 5. The lowest BCUT2D eigenvalue weighted by Crippen LogP contribution is -2.55. The molecule has 0 saturated heterocycles. The highest BCUT2D eigenvalue weighted by atomic mass is 16.2. The zero-order valence-corrected chi connectivity index (χ0v) is 44.7. The molecule has 5 aromatic rings. The maximum Gasteiger partial charge on any atom is 0.347 e. The molecule has 0 saturated carbocycles. The number of nitrogens with one attached hydrogen (secondary N) is 9. The van der Waals surface area contributed by atoms with Crippen LogP contribution in [0, 0.1) is 34.6 Å². The van der Waals surface area contributed by atoms with Crippen molar-refractivity contribution in [2.45, 2.75) is 34.6 Å². The molecule has 36 heteroatoms. The van der Waals surface area contributed by atoms with Gasteiger partial charge in [-0.2, -0.15) is 0 Å². The summed E-state index contributed by atoms with van der Waals surface area (Å²) in [5.74, 6) is -3.64. The summed E-state index contributed by atoms with van der Waals surface area (Å²) < 4.78 is 4.82. The van der Waals surface area contributed by atoms with Gasteiger partial charge in [-0.05, 0) is 34.6 Å². The average Bonchev–Trinajstić information content (AvgIpc) is 3.38. The van der Waals surface area contributed by atoms with Gasteiger partial charge in [0.25, 0.3) is 27.8 Å². The number of carbonyl (C=O) groups excluding carboxylic acids is 5. The number of carbonyl (C=O) groups is 5. The first-order valence-electron chi connectivity index (χ1n) is 24.7. The highest BCUT2D eigenvalue weighted by Gasteiger charge is 2.21. The van der Waals surface area contributed by atoms with Crippen LogP contribution in [0.25, 0.3) is 0 Å². The topological polar surface area (TPSA) is 476 Å². The third kappa shape index (κ3) is 17.1. The highest BCUT2D eigenvalue weighted by Crippen LogP contribution is 1.96. The molecule has 0 fully saturated rings. The Labute approximate surface area is 454 Å². The van der Waals surface area contributed by atoms with Gasteiger partial charge in [0, 0.05) is 98.1 Å². The van der Waals surface area contributed by atoms with Crippen LogP contribution in [0.4, 0.5) is 0 Å². The summed E-state index contributed by atoms with van der Waals surface area (Å²) in [7, 11) is 0. The number of aromatic nitrogens is 10. The number of hydrogen-bond acceptors (Lipinski definition) is 21. The van der Waals surface area contributed by atoms with E-state index in [9.17, 15) is 71.9 Å². The van der Waals surface area contributed by atoms with Gasteiger partial charge >= 0.3 is 28.4 Å². The van der Waals surface area contributed by atoms with Gasteiger partial charge in [-0.3, -0.25) is 97.9 Å². The second kappa shape index (κ2) is 27.8. The van der Waals surface area contributed by atoms with Gasteiger partial charge in [0.15, 0.2) is 0 Å². The summed E-state index contributed by atoms with van der Waals surface area (Å²) in [6.07, 6.45) is 5.94. The Morgan fingerprint density at radius 3 is 0.765 bits per heavy atom. The van der Waals surface area contributed by atoms with Crippen molar-refractivity contribution in [3.05, 3.63) is 163 Å². The van der Waals surface area contributed by atoms with Crippen molar-refractivity contribution in [1.29, 1.82) is 0 Å². The number of rotatable bonds is 29. The van der Waals surface area contributed by atoms with E-state index >= 15 is 0 Å². The van der Waals surface area contributed by atoms with Crippen molar-refractivity contribution >= 4 is 29.5 Å². The van der Waals surface area contributed by atoms with E-state index in [4.69, 9.17) is 11.5 Å².